The van der Waals surface area contributed by atoms with Crippen molar-refractivity contribution in [3.05, 3.63) is 17.0 Å². The van der Waals surface area contributed by atoms with E-state index >= 15 is 0 Å². The number of nitrogens with zero attached hydrogens (tertiary/aromatic N) is 2. The lowest BCUT2D eigenvalue weighted by Gasteiger charge is -2.26. The lowest BCUT2D eigenvalue weighted by molar-refractivity contribution is -0.0813. The number of rotatable bonds is 2. The predicted octanol–water partition coefficient (Wildman–Crippen LogP) is 1.22. The maximum Gasteiger partial charge on any atom is 0.225 e. The summed E-state index contributed by atoms with van der Waals surface area (Å²) < 4.78 is 10.4. The van der Waals surface area contributed by atoms with Gasteiger partial charge in [-0.3, -0.25) is 0 Å². The van der Waals surface area contributed by atoms with Crippen molar-refractivity contribution in [3.63, 3.8) is 0 Å². The minimum Gasteiger partial charge on any atom is -0.469 e. The summed E-state index contributed by atoms with van der Waals surface area (Å²) in [4.78, 5) is 7.86. The van der Waals surface area contributed by atoms with Crippen LogP contribution in [0, 0.1) is 6.92 Å². The van der Waals surface area contributed by atoms with Crippen LogP contribution in [0.25, 0.3) is 0 Å². The van der Waals surface area contributed by atoms with Crippen LogP contribution in [0.15, 0.2) is 6.07 Å². The van der Waals surface area contributed by atoms with E-state index in [0.29, 0.717) is 19.1 Å². The van der Waals surface area contributed by atoms with Gasteiger partial charge in [-0.15, -0.1) is 0 Å². The van der Waals surface area contributed by atoms with Gasteiger partial charge in [0.05, 0.1) is 13.2 Å². The fourth-order valence-corrected chi connectivity index (χ4v) is 1.23. The summed E-state index contributed by atoms with van der Waals surface area (Å²) in [5.41, 5.74) is 0.801. The smallest absolute Gasteiger partial charge is 0.225 e. The van der Waals surface area contributed by atoms with Gasteiger partial charge in [-0.05, 0) is 18.5 Å². The Bertz CT molecular complexity index is 295. The Morgan fingerprint density at radius 2 is 2.31 bits per heavy atom. The average Bonchev–Trinajstić information content (AvgIpc) is 1.95. The summed E-state index contributed by atoms with van der Waals surface area (Å²) in [7, 11) is 0. The molecule has 1 saturated heterocycles. The van der Waals surface area contributed by atoms with E-state index in [0.717, 1.165) is 5.69 Å². The standard InChI is InChI=1S/C8H9ClN2O2/c1-5-2-7(11-8(9)10-5)13-6-3-12-4-6/h2,6H,3-4H2,1H3. The SMILES string of the molecule is Cc1cc(OC2COC2)nc(Cl)n1. The molecule has 1 aliphatic rings. The second-order valence-corrected chi connectivity index (χ2v) is 3.23. The molecule has 1 aromatic rings. The van der Waals surface area contributed by atoms with Crippen LogP contribution in [0.2, 0.25) is 5.28 Å². The van der Waals surface area contributed by atoms with Gasteiger partial charge >= 0.3 is 0 Å². The number of halogens is 1. The molecule has 13 heavy (non-hydrogen) atoms. The van der Waals surface area contributed by atoms with Crippen molar-refractivity contribution in [2.75, 3.05) is 13.2 Å². The third-order valence-corrected chi connectivity index (χ3v) is 1.87. The highest BCUT2D eigenvalue weighted by molar-refractivity contribution is 6.28. The minimum atomic E-state index is 0.116. The molecule has 0 saturated carbocycles. The number of aromatic nitrogens is 2. The number of aryl methyl sites for hydroxylation is 1. The molecule has 5 heteroatoms. The Morgan fingerprint density at radius 3 is 2.85 bits per heavy atom. The Balaban J connectivity index is 2.10. The van der Waals surface area contributed by atoms with E-state index < -0.39 is 0 Å². The van der Waals surface area contributed by atoms with Crippen LogP contribution < -0.4 is 4.74 Å². The van der Waals surface area contributed by atoms with E-state index in [2.05, 4.69) is 9.97 Å². The fourth-order valence-electron chi connectivity index (χ4n) is 1.02. The maximum atomic E-state index is 5.66. The first-order chi connectivity index (χ1) is 6.24. The summed E-state index contributed by atoms with van der Waals surface area (Å²) in [6, 6.07) is 1.75. The highest BCUT2D eigenvalue weighted by Gasteiger charge is 2.20. The van der Waals surface area contributed by atoms with Crippen molar-refractivity contribution in [1.82, 2.24) is 9.97 Å². The summed E-state index contributed by atoms with van der Waals surface area (Å²) in [5, 5.41) is 0.218. The minimum absolute atomic E-state index is 0.116. The third-order valence-electron chi connectivity index (χ3n) is 1.70. The van der Waals surface area contributed by atoms with Crippen LogP contribution >= 0.6 is 11.6 Å². The van der Waals surface area contributed by atoms with E-state index in [9.17, 15) is 0 Å². The molecule has 0 radical (unpaired) electrons. The van der Waals surface area contributed by atoms with Gasteiger partial charge in [-0.25, -0.2) is 4.98 Å². The molecule has 1 fully saturated rings. The largest absolute Gasteiger partial charge is 0.469 e. The zero-order chi connectivity index (χ0) is 9.26. The maximum absolute atomic E-state index is 5.66. The van der Waals surface area contributed by atoms with Gasteiger partial charge in [0.2, 0.25) is 11.2 Å². The molecule has 0 atom stereocenters. The normalized spacial score (nSPS) is 16.8. The zero-order valence-corrected chi connectivity index (χ0v) is 7.91. The molecule has 1 aliphatic heterocycles. The molecule has 2 rings (SSSR count). The average molecular weight is 201 g/mol. The molecule has 0 N–H and O–H groups in total. The molecule has 0 spiro atoms. The molecule has 70 valence electrons. The molecular weight excluding hydrogens is 192 g/mol. The van der Waals surface area contributed by atoms with Gasteiger partial charge in [0.1, 0.15) is 6.10 Å². The monoisotopic (exact) mass is 200 g/mol. The summed E-state index contributed by atoms with van der Waals surface area (Å²) in [5.74, 6) is 0.519. The Morgan fingerprint density at radius 1 is 1.54 bits per heavy atom. The van der Waals surface area contributed by atoms with Crippen molar-refractivity contribution in [3.8, 4) is 5.88 Å². The molecule has 2 heterocycles. The Kier molecular flexibility index (Phi) is 2.33. The molecule has 0 aliphatic carbocycles. The molecule has 0 amide bonds. The molecule has 0 unspecified atom stereocenters. The third kappa shape index (κ3) is 2.08. The highest BCUT2D eigenvalue weighted by atomic mass is 35.5. The van der Waals surface area contributed by atoms with E-state index in [4.69, 9.17) is 21.1 Å². The summed E-state index contributed by atoms with van der Waals surface area (Å²) >= 11 is 5.66. The van der Waals surface area contributed by atoms with Gasteiger partial charge in [0.25, 0.3) is 0 Å². The molecule has 1 aromatic heterocycles. The first-order valence-corrected chi connectivity index (χ1v) is 4.37. The lowest BCUT2D eigenvalue weighted by atomic mass is 10.3. The van der Waals surface area contributed by atoms with E-state index in [1.54, 1.807) is 6.07 Å². The van der Waals surface area contributed by atoms with E-state index in [1.165, 1.54) is 0 Å². The summed E-state index contributed by atoms with van der Waals surface area (Å²) in [6.45, 7) is 3.10. The van der Waals surface area contributed by atoms with Crippen molar-refractivity contribution >= 4 is 11.6 Å². The lowest BCUT2D eigenvalue weighted by Crippen LogP contribution is -2.38. The first kappa shape index (κ1) is 8.72. The zero-order valence-electron chi connectivity index (χ0n) is 7.16. The summed E-state index contributed by atoms with van der Waals surface area (Å²) in [6.07, 6.45) is 0.116. The topological polar surface area (TPSA) is 44.2 Å². The van der Waals surface area contributed by atoms with E-state index in [-0.39, 0.29) is 11.4 Å². The molecule has 4 nitrogen and oxygen atoms in total. The Labute approximate surface area is 80.9 Å². The van der Waals surface area contributed by atoms with Crippen LogP contribution in [-0.2, 0) is 4.74 Å². The second-order valence-electron chi connectivity index (χ2n) is 2.89. The highest BCUT2D eigenvalue weighted by Crippen LogP contribution is 2.16. The van der Waals surface area contributed by atoms with Crippen LogP contribution in [0.4, 0.5) is 0 Å². The number of hydrogen-bond acceptors (Lipinski definition) is 4. The van der Waals surface area contributed by atoms with Crippen LogP contribution in [-0.4, -0.2) is 29.3 Å². The Hall–Kier alpha value is -0.870. The van der Waals surface area contributed by atoms with Crippen LogP contribution in [0.3, 0.4) is 0 Å². The van der Waals surface area contributed by atoms with Crippen molar-refractivity contribution in [1.29, 1.82) is 0 Å². The van der Waals surface area contributed by atoms with Gasteiger partial charge in [-0.2, -0.15) is 4.98 Å². The van der Waals surface area contributed by atoms with Crippen LogP contribution in [0.5, 0.6) is 5.88 Å². The fraction of sp³-hybridized carbons (Fsp3) is 0.500. The molecule has 0 bridgehead atoms. The van der Waals surface area contributed by atoms with Crippen molar-refractivity contribution in [2.24, 2.45) is 0 Å². The van der Waals surface area contributed by atoms with Gasteiger partial charge in [0.15, 0.2) is 0 Å². The quantitative estimate of drug-likeness (QED) is 0.674. The van der Waals surface area contributed by atoms with E-state index in [1.807, 2.05) is 6.92 Å². The van der Waals surface area contributed by atoms with Crippen molar-refractivity contribution < 1.29 is 9.47 Å². The molecular formula is C8H9ClN2O2. The van der Waals surface area contributed by atoms with Crippen LogP contribution in [0.1, 0.15) is 5.69 Å². The first-order valence-electron chi connectivity index (χ1n) is 3.99. The molecule has 0 aromatic carbocycles. The van der Waals surface area contributed by atoms with Gasteiger partial charge in [-0.1, -0.05) is 0 Å². The van der Waals surface area contributed by atoms with Gasteiger partial charge in [0, 0.05) is 11.8 Å². The number of ether oxygens (including phenoxy) is 2. The second kappa shape index (κ2) is 3.47. The van der Waals surface area contributed by atoms with Crippen molar-refractivity contribution in [2.45, 2.75) is 13.0 Å². The number of hydrogen-bond donors (Lipinski definition) is 0. The predicted molar refractivity (Wildman–Crippen MR) is 47.0 cm³/mol. The van der Waals surface area contributed by atoms with Gasteiger partial charge < -0.3 is 9.47 Å².